The van der Waals surface area contributed by atoms with Crippen molar-refractivity contribution in [2.45, 2.75) is 32.6 Å². The topological polar surface area (TPSA) is 77.6 Å². The molecule has 2 N–H and O–H groups in total. The van der Waals surface area contributed by atoms with Gasteiger partial charge in [-0.25, -0.2) is 4.98 Å². The summed E-state index contributed by atoms with van der Waals surface area (Å²) in [6.45, 7) is 6.16. The third kappa shape index (κ3) is 3.00. The molecule has 0 saturated heterocycles. The normalized spacial score (nSPS) is 11.5. The summed E-state index contributed by atoms with van der Waals surface area (Å²) in [4.78, 5) is 16.8. The van der Waals surface area contributed by atoms with E-state index in [1.807, 2.05) is 12.1 Å². The van der Waals surface area contributed by atoms with E-state index in [0.717, 1.165) is 11.4 Å². The predicted molar refractivity (Wildman–Crippen MR) is 70.0 cm³/mol. The van der Waals surface area contributed by atoms with E-state index in [4.69, 9.17) is 5.73 Å². The summed E-state index contributed by atoms with van der Waals surface area (Å²) in [5.41, 5.74) is 6.71. The summed E-state index contributed by atoms with van der Waals surface area (Å²) < 4.78 is 0. The maximum absolute atomic E-state index is 5.74. The Balaban J connectivity index is 2.32. The summed E-state index contributed by atoms with van der Waals surface area (Å²) in [7, 11) is 0. The molecule has 2 rings (SSSR count). The van der Waals surface area contributed by atoms with Crippen LogP contribution < -0.4 is 5.73 Å². The molecule has 0 aromatic carbocycles. The van der Waals surface area contributed by atoms with Crippen LogP contribution >= 0.6 is 0 Å². The highest BCUT2D eigenvalue weighted by molar-refractivity contribution is 5.22. The summed E-state index contributed by atoms with van der Waals surface area (Å²) >= 11 is 0. The summed E-state index contributed by atoms with van der Waals surface area (Å²) in [6, 6.07) is 3.88. The Morgan fingerprint density at radius 3 is 2.33 bits per heavy atom. The Morgan fingerprint density at radius 2 is 1.72 bits per heavy atom. The Kier molecular flexibility index (Phi) is 3.23. The van der Waals surface area contributed by atoms with Crippen molar-refractivity contribution in [3.05, 3.63) is 41.7 Å². The van der Waals surface area contributed by atoms with Crippen molar-refractivity contribution in [3.63, 3.8) is 0 Å². The van der Waals surface area contributed by atoms with E-state index in [0.29, 0.717) is 12.2 Å². The number of rotatable bonds is 2. The third-order valence-electron chi connectivity index (χ3n) is 2.48. The molecule has 0 amide bonds. The number of hydrogen-bond donors (Lipinski definition) is 1. The van der Waals surface area contributed by atoms with Gasteiger partial charge in [-0.05, 0) is 17.7 Å². The fraction of sp³-hybridized carbons (Fsp3) is 0.385. The van der Waals surface area contributed by atoms with E-state index in [9.17, 15) is 0 Å². The Labute approximate surface area is 107 Å². The second-order valence-electron chi connectivity index (χ2n) is 5.22. The van der Waals surface area contributed by atoms with Crippen LogP contribution in [0.4, 0.5) is 5.95 Å². The number of nitrogens with zero attached hydrogens (tertiary/aromatic N) is 4. The van der Waals surface area contributed by atoms with E-state index in [-0.39, 0.29) is 11.4 Å². The molecule has 0 saturated carbocycles. The minimum absolute atomic E-state index is 0.135. The van der Waals surface area contributed by atoms with E-state index in [2.05, 4.69) is 40.7 Å². The molecule has 2 heterocycles. The molecule has 0 aliphatic rings. The van der Waals surface area contributed by atoms with Gasteiger partial charge in [-0.15, -0.1) is 0 Å². The highest BCUT2D eigenvalue weighted by Gasteiger charge is 2.19. The predicted octanol–water partition coefficient (Wildman–Crippen LogP) is 1.74. The zero-order valence-corrected chi connectivity index (χ0v) is 10.9. The first-order valence-corrected chi connectivity index (χ1v) is 5.85. The van der Waals surface area contributed by atoms with Gasteiger partial charge in [0.2, 0.25) is 5.95 Å². The first kappa shape index (κ1) is 12.4. The number of anilines is 1. The monoisotopic (exact) mass is 243 g/mol. The maximum atomic E-state index is 5.74. The van der Waals surface area contributed by atoms with E-state index in [1.165, 1.54) is 0 Å². The molecule has 0 aliphatic carbocycles. The largest absolute Gasteiger partial charge is 0.368 e. The number of aromatic nitrogens is 4. The molecule has 0 atom stereocenters. The Bertz CT molecular complexity index is 531. The molecule has 0 bridgehead atoms. The van der Waals surface area contributed by atoms with Crippen molar-refractivity contribution in [1.82, 2.24) is 19.9 Å². The summed E-state index contributed by atoms with van der Waals surface area (Å²) in [5, 5.41) is 0. The van der Waals surface area contributed by atoms with Gasteiger partial charge >= 0.3 is 0 Å². The average molecular weight is 243 g/mol. The molecule has 18 heavy (non-hydrogen) atoms. The lowest BCUT2D eigenvalue weighted by Gasteiger charge is -2.17. The van der Waals surface area contributed by atoms with Crippen LogP contribution in [0.1, 0.15) is 38.0 Å². The van der Waals surface area contributed by atoms with E-state index < -0.39 is 0 Å². The lowest BCUT2D eigenvalue weighted by atomic mass is 9.96. The van der Waals surface area contributed by atoms with Crippen LogP contribution in [0.5, 0.6) is 0 Å². The van der Waals surface area contributed by atoms with E-state index in [1.54, 1.807) is 12.4 Å². The van der Waals surface area contributed by atoms with Crippen molar-refractivity contribution in [2.24, 2.45) is 0 Å². The Hall–Kier alpha value is -2.04. The SMILES string of the molecule is CC(C)(C)c1nc(N)nc(Cc2ccncc2)n1. The van der Waals surface area contributed by atoms with Gasteiger partial charge in [0.15, 0.2) is 0 Å². The van der Waals surface area contributed by atoms with Gasteiger partial charge in [0.1, 0.15) is 11.6 Å². The van der Waals surface area contributed by atoms with Crippen LogP contribution in [-0.2, 0) is 11.8 Å². The smallest absolute Gasteiger partial charge is 0.223 e. The number of nitrogens with two attached hydrogens (primary N) is 1. The van der Waals surface area contributed by atoms with Crippen molar-refractivity contribution < 1.29 is 0 Å². The number of nitrogen functional groups attached to an aromatic ring is 1. The van der Waals surface area contributed by atoms with Crippen LogP contribution in [0.25, 0.3) is 0 Å². The maximum Gasteiger partial charge on any atom is 0.223 e. The fourth-order valence-corrected chi connectivity index (χ4v) is 1.54. The lowest BCUT2D eigenvalue weighted by Crippen LogP contribution is -2.19. The van der Waals surface area contributed by atoms with Crippen LogP contribution in [0, 0.1) is 0 Å². The van der Waals surface area contributed by atoms with Crippen LogP contribution in [-0.4, -0.2) is 19.9 Å². The average Bonchev–Trinajstić information content (AvgIpc) is 2.28. The minimum atomic E-state index is -0.135. The molecule has 0 unspecified atom stereocenters. The molecule has 0 spiro atoms. The Morgan fingerprint density at radius 1 is 1.06 bits per heavy atom. The van der Waals surface area contributed by atoms with Crippen molar-refractivity contribution >= 4 is 5.95 Å². The van der Waals surface area contributed by atoms with Crippen molar-refractivity contribution in [3.8, 4) is 0 Å². The molecule has 0 aliphatic heterocycles. The number of pyridine rings is 1. The molecular formula is C13H17N5. The third-order valence-corrected chi connectivity index (χ3v) is 2.48. The van der Waals surface area contributed by atoms with Crippen molar-refractivity contribution in [2.75, 3.05) is 5.73 Å². The molecule has 2 aromatic heterocycles. The molecule has 94 valence electrons. The van der Waals surface area contributed by atoms with Gasteiger partial charge in [0, 0.05) is 24.2 Å². The molecule has 0 fully saturated rings. The zero-order chi connectivity index (χ0) is 13.2. The fourth-order valence-electron chi connectivity index (χ4n) is 1.54. The quantitative estimate of drug-likeness (QED) is 0.869. The number of hydrogen-bond acceptors (Lipinski definition) is 5. The molecule has 5 nitrogen and oxygen atoms in total. The first-order chi connectivity index (χ1) is 8.45. The zero-order valence-electron chi connectivity index (χ0n) is 10.9. The van der Waals surface area contributed by atoms with Gasteiger partial charge in [-0.1, -0.05) is 20.8 Å². The molecule has 5 heteroatoms. The lowest BCUT2D eigenvalue weighted by molar-refractivity contribution is 0.538. The summed E-state index contributed by atoms with van der Waals surface area (Å²) in [5.74, 6) is 1.69. The highest BCUT2D eigenvalue weighted by Crippen LogP contribution is 2.19. The molecule has 0 radical (unpaired) electrons. The van der Waals surface area contributed by atoms with Crippen molar-refractivity contribution in [1.29, 1.82) is 0 Å². The van der Waals surface area contributed by atoms with Gasteiger partial charge in [-0.3, -0.25) is 4.98 Å². The second kappa shape index (κ2) is 4.68. The molecule has 2 aromatic rings. The molecular weight excluding hydrogens is 226 g/mol. The summed E-state index contributed by atoms with van der Waals surface area (Å²) in [6.07, 6.45) is 4.15. The van der Waals surface area contributed by atoms with Gasteiger partial charge < -0.3 is 5.73 Å². The van der Waals surface area contributed by atoms with Crippen LogP contribution in [0.15, 0.2) is 24.5 Å². The van der Waals surface area contributed by atoms with Gasteiger partial charge in [-0.2, -0.15) is 9.97 Å². The minimum Gasteiger partial charge on any atom is -0.368 e. The van der Waals surface area contributed by atoms with Gasteiger partial charge in [0.05, 0.1) is 0 Å². The first-order valence-electron chi connectivity index (χ1n) is 5.85. The standard InChI is InChI=1S/C13H17N5/c1-13(2,3)11-16-10(17-12(14)18-11)8-9-4-6-15-7-5-9/h4-7H,8H2,1-3H3,(H2,14,16,17,18). The van der Waals surface area contributed by atoms with Crippen LogP contribution in [0.2, 0.25) is 0 Å². The highest BCUT2D eigenvalue weighted by atomic mass is 15.1. The van der Waals surface area contributed by atoms with Gasteiger partial charge in [0.25, 0.3) is 0 Å². The second-order valence-corrected chi connectivity index (χ2v) is 5.22. The van der Waals surface area contributed by atoms with E-state index >= 15 is 0 Å². The van der Waals surface area contributed by atoms with Crippen LogP contribution in [0.3, 0.4) is 0 Å².